The van der Waals surface area contributed by atoms with Gasteiger partial charge in [-0.3, -0.25) is 9.69 Å². The Morgan fingerprint density at radius 2 is 1.67 bits per heavy atom. The predicted octanol–water partition coefficient (Wildman–Crippen LogP) is 2.93. The van der Waals surface area contributed by atoms with Crippen LogP contribution < -0.4 is 5.32 Å². The SMILES string of the molecule is N#C[C@]12CN(Cc3ccccc3)C[C@](C#N)(C(=O)NC1=S)C21CCCCC1. The van der Waals surface area contributed by atoms with Gasteiger partial charge in [-0.2, -0.15) is 10.5 Å². The first-order valence-electron chi connectivity index (χ1n) is 9.48. The van der Waals surface area contributed by atoms with Crippen molar-refractivity contribution < 1.29 is 4.79 Å². The number of likely N-dealkylation sites (tertiary alicyclic amines) is 1. The van der Waals surface area contributed by atoms with Gasteiger partial charge in [0.2, 0.25) is 5.91 Å². The van der Waals surface area contributed by atoms with E-state index in [-0.39, 0.29) is 5.91 Å². The summed E-state index contributed by atoms with van der Waals surface area (Å²) < 4.78 is 0. The van der Waals surface area contributed by atoms with Gasteiger partial charge >= 0.3 is 0 Å². The van der Waals surface area contributed by atoms with Crippen molar-refractivity contribution in [3.63, 3.8) is 0 Å². The first kappa shape index (κ1) is 18.1. The van der Waals surface area contributed by atoms with Crippen molar-refractivity contribution in [2.24, 2.45) is 16.2 Å². The molecule has 138 valence electrons. The predicted molar refractivity (Wildman–Crippen MR) is 104 cm³/mol. The van der Waals surface area contributed by atoms with Gasteiger partial charge in [0.25, 0.3) is 0 Å². The highest BCUT2D eigenvalue weighted by molar-refractivity contribution is 7.80. The lowest BCUT2D eigenvalue weighted by Gasteiger charge is -2.63. The molecule has 27 heavy (non-hydrogen) atoms. The average molecular weight is 379 g/mol. The van der Waals surface area contributed by atoms with E-state index in [1.165, 1.54) is 0 Å². The summed E-state index contributed by atoms with van der Waals surface area (Å²) in [5, 5.41) is 23.3. The van der Waals surface area contributed by atoms with Crippen LogP contribution in [-0.4, -0.2) is 28.9 Å². The van der Waals surface area contributed by atoms with Gasteiger partial charge in [0, 0.05) is 25.0 Å². The summed E-state index contributed by atoms with van der Waals surface area (Å²) in [6, 6.07) is 14.9. The first-order valence-corrected chi connectivity index (χ1v) is 9.89. The van der Waals surface area contributed by atoms with E-state index >= 15 is 0 Å². The molecular weight excluding hydrogens is 356 g/mol. The van der Waals surface area contributed by atoms with E-state index in [1.807, 2.05) is 30.3 Å². The molecule has 1 aliphatic carbocycles. The summed E-state index contributed by atoms with van der Waals surface area (Å²) in [5.74, 6) is -0.319. The van der Waals surface area contributed by atoms with Crippen LogP contribution in [0.4, 0.5) is 0 Å². The third kappa shape index (κ3) is 2.30. The second-order valence-electron chi connectivity index (χ2n) is 8.09. The number of thiocarbonyl (C=S) groups is 1. The highest BCUT2D eigenvalue weighted by atomic mass is 32.1. The standard InChI is InChI=1S/C21H22N4OS/c22-12-19-14-25(11-16-7-3-1-4-8-16)15-20(13-23,18(27)24-17(19)26)21(19)9-5-2-6-10-21/h1,3-4,7-8H,2,5-6,9-11,14-15H2,(H,24,26,27)/t19-,20+/m1/s1. The summed E-state index contributed by atoms with van der Waals surface area (Å²) in [6.07, 6.45) is 4.36. The lowest BCUT2D eigenvalue weighted by Crippen LogP contribution is -2.77. The third-order valence-corrected chi connectivity index (χ3v) is 7.35. The number of nitrogens with one attached hydrogen (secondary N) is 1. The fraction of sp³-hybridized carbons (Fsp3) is 0.524. The number of rotatable bonds is 2. The maximum absolute atomic E-state index is 13.1. The zero-order chi connectivity index (χ0) is 19.1. The molecule has 4 rings (SSSR count). The molecule has 0 aromatic heterocycles. The van der Waals surface area contributed by atoms with Gasteiger partial charge in [-0.25, -0.2) is 0 Å². The molecule has 2 aliphatic heterocycles. The molecule has 1 spiro atoms. The molecule has 0 unspecified atom stereocenters. The molecule has 1 saturated carbocycles. The van der Waals surface area contributed by atoms with Gasteiger partial charge in [0.1, 0.15) is 10.4 Å². The number of benzene rings is 1. The summed E-state index contributed by atoms with van der Waals surface area (Å²) in [7, 11) is 0. The van der Waals surface area contributed by atoms with Crippen LogP contribution >= 0.6 is 12.2 Å². The zero-order valence-corrected chi connectivity index (χ0v) is 16.0. The van der Waals surface area contributed by atoms with E-state index in [0.717, 1.165) is 24.8 Å². The van der Waals surface area contributed by atoms with Crippen LogP contribution in [0.1, 0.15) is 37.7 Å². The molecule has 3 aliphatic rings. The third-order valence-electron chi connectivity index (χ3n) is 6.90. The normalized spacial score (nSPS) is 32.4. The van der Waals surface area contributed by atoms with Crippen LogP contribution in [0.3, 0.4) is 0 Å². The second kappa shape index (κ2) is 6.41. The molecule has 6 heteroatoms. The number of carbonyl (C=O) groups is 1. The minimum absolute atomic E-state index is 0.306. The topological polar surface area (TPSA) is 79.9 Å². The van der Waals surface area contributed by atoms with Crippen molar-refractivity contribution in [3.8, 4) is 12.1 Å². The maximum Gasteiger partial charge on any atom is 0.247 e. The number of nitrogens with zero attached hydrogens (tertiary/aromatic N) is 3. The van der Waals surface area contributed by atoms with Gasteiger partial charge in [0.15, 0.2) is 5.41 Å². The largest absolute Gasteiger partial charge is 0.318 e. The molecule has 2 bridgehead atoms. The van der Waals surface area contributed by atoms with Gasteiger partial charge in [0.05, 0.1) is 12.1 Å². The summed E-state index contributed by atoms with van der Waals surface area (Å²) in [5.41, 5.74) is -1.82. The first-order chi connectivity index (χ1) is 13.0. The molecule has 1 aromatic carbocycles. The molecule has 3 fully saturated rings. The molecule has 0 radical (unpaired) electrons. The van der Waals surface area contributed by atoms with Gasteiger partial charge in [-0.1, -0.05) is 61.8 Å². The monoisotopic (exact) mass is 378 g/mol. The van der Waals surface area contributed by atoms with Crippen molar-refractivity contribution in [1.29, 1.82) is 10.5 Å². The molecule has 1 N–H and O–H groups in total. The van der Waals surface area contributed by atoms with Crippen molar-refractivity contribution in [1.82, 2.24) is 10.2 Å². The molecule has 2 atom stereocenters. The Morgan fingerprint density at radius 1 is 1.04 bits per heavy atom. The highest BCUT2D eigenvalue weighted by Crippen LogP contribution is 2.65. The van der Waals surface area contributed by atoms with Crippen LogP contribution in [0.25, 0.3) is 0 Å². The second-order valence-corrected chi connectivity index (χ2v) is 8.50. The number of piperidine rings is 2. The highest BCUT2D eigenvalue weighted by Gasteiger charge is 2.74. The Labute approximate surface area is 165 Å². The minimum atomic E-state index is -1.24. The number of hydrogen-bond acceptors (Lipinski definition) is 5. The van der Waals surface area contributed by atoms with E-state index in [0.29, 0.717) is 37.5 Å². The number of carbonyl (C=O) groups excluding carboxylic acids is 1. The molecule has 1 aromatic rings. The average Bonchev–Trinajstić information content (AvgIpc) is 2.69. The Morgan fingerprint density at radius 3 is 2.30 bits per heavy atom. The number of amides is 1. The van der Waals surface area contributed by atoms with Crippen molar-refractivity contribution >= 4 is 23.1 Å². The van der Waals surface area contributed by atoms with Crippen molar-refractivity contribution in [2.75, 3.05) is 13.1 Å². The van der Waals surface area contributed by atoms with Crippen molar-refractivity contribution in [3.05, 3.63) is 35.9 Å². The Hall–Kier alpha value is -2.28. The van der Waals surface area contributed by atoms with E-state index in [4.69, 9.17) is 12.2 Å². The van der Waals surface area contributed by atoms with E-state index < -0.39 is 16.2 Å². The van der Waals surface area contributed by atoms with Crippen LogP contribution in [0.5, 0.6) is 0 Å². The van der Waals surface area contributed by atoms with Crippen LogP contribution in [0, 0.1) is 38.9 Å². The molecule has 1 amide bonds. The van der Waals surface area contributed by atoms with Crippen LogP contribution in [-0.2, 0) is 11.3 Å². The van der Waals surface area contributed by atoms with E-state index in [1.54, 1.807) is 0 Å². The van der Waals surface area contributed by atoms with E-state index in [2.05, 4.69) is 22.4 Å². The zero-order valence-electron chi connectivity index (χ0n) is 15.2. The summed E-state index contributed by atoms with van der Waals surface area (Å²) in [4.78, 5) is 15.5. The molecular formula is C21H22N4OS. The molecule has 5 nitrogen and oxygen atoms in total. The minimum Gasteiger partial charge on any atom is -0.318 e. The quantitative estimate of drug-likeness (QED) is 0.801. The lowest BCUT2D eigenvalue weighted by atomic mass is 9.42. The maximum atomic E-state index is 13.1. The fourth-order valence-electron chi connectivity index (χ4n) is 5.64. The van der Waals surface area contributed by atoms with Crippen molar-refractivity contribution in [2.45, 2.75) is 38.6 Å². The lowest BCUT2D eigenvalue weighted by molar-refractivity contribution is -0.158. The Kier molecular flexibility index (Phi) is 4.29. The van der Waals surface area contributed by atoms with Gasteiger partial charge in [-0.15, -0.1) is 0 Å². The fourth-order valence-corrected chi connectivity index (χ4v) is 6.04. The molecule has 2 saturated heterocycles. The smallest absolute Gasteiger partial charge is 0.247 e. The van der Waals surface area contributed by atoms with Gasteiger partial charge < -0.3 is 5.32 Å². The number of hydrogen-bond donors (Lipinski definition) is 1. The summed E-state index contributed by atoms with van der Waals surface area (Å²) >= 11 is 5.58. The molecule has 2 heterocycles. The Balaban J connectivity index is 1.84. The Bertz CT molecular complexity index is 820. The van der Waals surface area contributed by atoms with E-state index in [9.17, 15) is 15.3 Å². The van der Waals surface area contributed by atoms with Crippen LogP contribution in [0.2, 0.25) is 0 Å². The van der Waals surface area contributed by atoms with Crippen LogP contribution in [0.15, 0.2) is 30.3 Å². The number of nitriles is 2. The summed E-state index contributed by atoms with van der Waals surface area (Å²) in [6.45, 7) is 1.40. The van der Waals surface area contributed by atoms with Gasteiger partial charge in [-0.05, 0) is 18.4 Å².